The van der Waals surface area contributed by atoms with Gasteiger partial charge < -0.3 is 0 Å². The number of hydrogen-bond donors (Lipinski definition) is 0. The van der Waals surface area contributed by atoms with Crippen LogP contribution in [0, 0.1) is 13.8 Å². The van der Waals surface area contributed by atoms with E-state index < -0.39 is 0 Å². The lowest BCUT2D eigenvalue weighted by molar-refractivity contribution is 1.12. The first-order chi connectivity index (χ1) is 6.69. The van der Waals surface area contributed by atoms with Crippen molar-refractivity contribution >= 4 is 0 Å². The molecule has 0 saturated heterocycles. The Kier molecular flexibility index (Phi) is 3.70. The lowest BCUT2D eigenvalue weighted by atomic mass is 9.96. The number of rotatable bonds is 4. The van der Waals surface area contributed by atoms with Crippen LogP contribution in [-0.4, -0.2) is 0 Å². The maximum atomic E-state index is 3.78. The first-order valence-corrected chi connectivity index (χ1v) is 4.99. The molecule has 0 saturated carbocycles. The van der Waals surface area contributed by atoms with E-state index in [2.05, 4.69) is 39.1 Å². The third kappa shape index (κ3) is 2.35. The predicted octanol–water partition coefficient (Wildman–Crippen LogP) is 3.76. The predicted molar refractivity (Wildman–Crippen MR) is 63.7 cm³/mol. The molecule has 0 amide bonds. The summed E-state index contributed by atoms with van der Waals surface area (Å²) in [7, 11) is 0. The molecule has 1 aromatic carbocycles. The summed E-state index contributed by atoms with van der Waals surface area (Å²) >= 11 is 0. The molecule has 0 nitrogen and oxygen atoms in total. The summed E-state index contributed by atoms with van der Waals surface area (Å²) < 4.78 is 0. The second-order valence-electron chi connectivity index (χ2n) is 3.69. The quantitative estimate of drug-likeness (QED) is 0.628. The maximum absolute atomic E-state index is 3.78. The number of benzene rings is 1. The molecule has 1 rings (SSSR count). The molecule has 0 aliphatic heterocycles. The van der Waals surface area contributed by atoms with Gasteiger partial charge in [-0.3, -0.25) is 0 Å². The largest absolute Gasteiger partial charge is 0.103 e. The summed E-state index contributed by atoms with van der Waals surface area (Å²) in [5.41, 5.74) is 5.47. The molecule has 14 heavy (non-hydrogen) atoms. The number of allylic oxidation sites excluding steroid dienone is 2. The molecule has 0 radical (unpaired) electrons. The molecule has 1 aromatic rings. The molecule has 0 atom stereocenters. The summed E-state index contributed by atoms with van der Waals surface area (Å²) in [5, 5.41) is 0. The fourth-order valence-corrected chi connectivity index (χ4v) is 1.63. The second-order valence-corrected chi connectivity index (χ2v) is 3.69. The van der Waals surface area contributed by atoms with E-state index in [1.807, 2.05) is 12.2 Å². The highest BCUT2D eigenvalue weighted by molar-refractivity contribution is 5.39. The van der Waals surface area contributed by atoms with Crippen molar-refractivity contribution in [3.05, 3.63) is 59.7 Å². The van der Waals surface area contributed by atoms with Gasteiger partial charge in [0.1, 0.15) is 0 Å². The van der Waals surface area contributed by atoms with E-state index in [4.69, 9.17) is 0 Å². The van der Waals surface area contributed by atoms with E-state index in [0.29, 0.717) is 0 Å². The zero-order valence-corrected chi connectivity index (χ0v) is 9.14. The Morgan fingerprint density at radius 1 is 0.929 bits per heavy atom. The van der Waals surface area contributed by atoms with Crippen LogP contribution < -0.4 is 0 Å². The van der Waals surface area contributed by atoms with Gasteiger partial charge in [0.2, 0.25) is 0 Å². The van der Waals surface area contributed by atoms with E-state index in [0.717, 1.165) is 12.8 Å². The van der Waals surface area contributed by atoms with E-state index in [-0.39, 0.29) is 0 Å². The molecule has 0 bridgehead atoms. The minimum absolute atomic E-state index is 0.949. The highest BCUT2D eigenvalue weighted by Gasteiger charge is 2.02. The summed E-state index contributed by atoms with van der Waals surface area (Å²) in [6.45, 7) is 11.9. The van der Waals surface area contributed by atoms with Gasteiger partial charge in [0.15, 0.2) is 0 Å². The van der Waals surface area contributed by atoms with E-state index >= 15 is 0 Å². The third-order valence-electron chi connectivity index (χ3n) is 2.54. The molecule has 0 heteroatoms. The smallest absolute Gasteiger partial charge is 0.00972 e. The van der Waals surface area contributed by atoms with Crippen molar-refractivity contribution in [1.29, 1.82) is 0 Å². The molecule has 0 N–H and O–H groups in total. The van der Waals surface area contributed by atoms with Crippen LogP contribution in [0.15, 0.2) is 37.4 Å². The maximum Gasteiger partial charge on any atom is -0.00972 e. The summed E-state index contributed by atoms with van der Waals surface area (Å²) in [4.78, 5) is 0. The Hall–Kier alpha value is -1.30. The van der Waals surface area contributed by atoms with Crippen molar-refractivity contribution in [3.63, 3.8) is 0 Å². The van der Waals surface area contributed by atoms with Crippen molar-refractivity contribution in [1.82, 2.24) is 0 Å². The van der Waals surface area contributed by atoms with Crippen LogP contribution in [0.2, 0.25) is 0 Å². The van der Waals surface area contributed by atoms with Gasteiger partial charge >= 0.3 is 0 Å². The van der Waals surface area contributed by atoms with Crippen molar-refractivity contribution in [2.45, 2.75) is 26.7 Å². The summed E-state index contributed by atoms with van der Waals surface area (Å²) in [5.74, 6) is 0. The van der Waals surface area contributed by atoms with Crippen molar-refractivity contribution in [2.75, 3.05) is 0 Å². The van der Waals surface area contributed by atoms with Gasteiger partial charge in [-0.15, -0.1) is 13.2 Å². The number of aryl methyl sites for hydroxylation is 2. The summed E-state index contributed by atoms with van der Waals surface area (Å²) in [6.07, 6.45) is 5.81. The third-order valence-corrected chi connectivity index (χ3v) is 2.54. The van der Waals surface area contributed by atoms with Crippen molar-refractivity contribution in [2.24, 2.45) is 0 Å². The molecular formula is C14H18. The lowest BCUT2D eigenvalue weighted by Gasteiger charge is -2.10. The fraction of sp³-hybridized carbons (Fsp3) is 0.286. The zero-order valence-electron chi connectivity index (χ0n) is 9.14. The van der Waals surface area contributed by atoms with E-state index in [1.54, 1.807) is 0 Å². The molecular weight excluding hydrogens is 168 g/mol. The Labute approximate surface area is 87.0 Å². The van der Waals surface area contributed by atoms with Crippen LogP contribution in [0.25, 0.3) is 0 Å². The lowest BCUT2D eigenvalue weighted by Crippen LogP contribution is -1.95. The molecule has 0 aromatic heterocycles. The van der Waals surface area contributed by atoms with Gasteiger partial charge in [-0.05, 0) is 48.9 Å². The Morgan fingerprint density at radius 3 is 1.57 bits per heavy atom. The Bertz CT molecular complexity index is 310. The normalized spacial score (nSPS) is 9.86. The van der Waals surface area contributed by atoms with Crippen LogP contribution in [-0.2, 0) is 12.8 Å². The Morgan fingerprint density at radius 2 is 1.29 bits per heavy atom. The summed E-state index contributed by atoms with van der Waals surface area (Å²) in [6, 6.07) is 4.52. The molecule has 0 heterocycles. The molecule has 0 aliphatic rings. The van der Waals surface area contributed by atoms with Gasteiger partial charge in [0.25, 0.3) is 0 Å². The molecule has 0 spiro atoms. The SMILES string of the molecule is C=CCc1cc(C)c(C)cc1CC=C. The highest BCUT2D eigenvalue weighted by atomic mass is 14.1. The average molecular weight is 186 g/mol. The molecule has 0 fully saturated rings. The fourth-order valence-electron chi connectivity index (χ4n) is 1.63. The average Bonchev–Trinajstić information content (AvgIpc) is 2.14. The topological polar surface area (TPSA) is 0 Å². The van der Waals surface area contributed by atoms with E-state index in [1.165, 1.54) is 22.3 Å². The standard InChI is InChI=1S/C14H18/c1-5-7-13-9-11(3)12(4)10-14(13)8-6-2/h5-6,9-10H,1-2,7-8H2,3-4H3. The van der Waals surface area contributed by atoms with Crippen molar-refractivity contribution in [3.8, 4) is 0 Å². The molecule has 0 aliphatic carbocycles. The minimum atomic E-state index is 0.949. The van der Waals surface area contributed by atoms with E-state index in [9.17, 15) is 0 Å². The molecule has 0 unspecified atom stereocenters. The van der Waals surface area contributed by atoms with Crippen LogP contribution in [0.3, 0.4) is 0 Å². The van der Waals surface area contributed by atoms with Gasteiger partial charge in [-0.1, -0.05) is 24.3 Å². The molecule has 74 valence electrons. The van der Waals surface area contributed by atoms with Gasteiger partial charge in [0.05, 0.1) is 0 Å². The van der Waals surface area contributed by atoms with Crippen LogP contribution in [0.1, 0.15) is 22.3 Å². The van der Waals surface area contributed by atoms with Crippen molar-refractivity contribution < 1.29 is 0 Å². The first kappa shape index (κ1) is 10.8. The van der Waals surface area contributed by atoms with Crippen LogP contribution in [0.5, 0.6) is 0 Å². The zero-order chi connectivity index (χ0) is 10.6. The minimum Gasteiger partial charge on any atom is -0.103 e. The second kappa shape index (κ2) is 4.80. The Balaban J connectivity index is 3.15. The number of hydrogen-bond acceptors (Lipinski definition) is 0. The monoisotopic (exact) mass is 186 g/mol. The van der Waals surface area contributed by atoms with Gasteiger partial charge in [0, 0.05) is 0 Å². The van der Waals surface area contributed by atoms with Crippen LogP contribution >= 0.6 is 0 Å². The van der Waals surface area contributed by atoms with Gasteiger partial charge in [-0.25, -0.2) is 0 Å². The van der Waals surface area contributed by atoms with Crippen LogP contribution in [0.4, 0.5) is 0 Å². The first-order valence-electron chi connectivity index (χ1n) is 4.99. The van der Waals surface area contributed by atoms with Gasteiger partial charge in [-0.2, -0.15) is 0 Å². The highest BCUT2D eigenvalue weighted by Crippen LogP contribution is 2.17.